The van der Waals surface area contributed by atoms with Gasteiger partial charge in [-0.15, -0.1) is 23.7 Å². The van der Waals surface area contributed by atoms with Crippen LogP contribution in [0.3, 0.4) is 0 Å². The molecule has 0 aromatic carbocycles. The average molecular weight is 344 g/mol. The van der Waals surface area contributed by atoms with Gasteiger partial charge in [0.05, 0.1) is 5.01 Å². The van der Waals surface area contributed by atoms with Crippen molar-refractivity contribution in [1.82, 2.24) is 9.88 Å². The lowest BCUT2D eigenvalue weighted by Crippen LogP contribution is -2.43. The lowest BCUT2D eigenvalue weighted by atomic mass is 9.86. The molecule has 6 heteroatoms. The second kappa shape index (κ2) is 7.75. The van der Waals surface area contributed by atoms with Crippen LogP contribution in [0.15, 0.2) is 5.38 Å². The molecule has 0 saturated heterocycles. The van der Waals surface area contributed by atoms with E-state index in [1.807, 2.05) is 5.38 Å². The number of amides is 1. The molecule has 124 valence electrons. The lowest BCUT2D eigenvalue weighted by molar-refractivity contribution is 0.0587. The number of nitrogens with zero attached hydrogens (tertiary/aromatic N) is 2. The summed E-state index contributed by atoms with van der Waals surface area (Å²) in [4.78, 5) is 19.5. The first-order valence-corrected chi connectivity index (χ1v) is 9.04. The van der Waals surface area contributed by atoms with E-state index in [1.54, 1.807) is 11.3 Å². The maximum absolute atomic E-state index is 12.9. The average Bonchev–Trinajstić information content (AvgIpc) is 3.20. The molecule has 2 aliphatic carbocycles. The fourth-order valence-corrected chi connectivity index (χ4v) is 4.07. The van der Waals surface area contributed by atoms with Crippen molar-refractivity contribution in [2.45, 2.75) is 64.0 Å². The minimum Gasteiger partial charge on any atom is -0.331 e. The van der Waals surface area contributed by atoms with E-state index in [4.69, 9.17) is 5.73 Å². The Morgan fingerprint density at radius 3 is 2.41 bits per heavy atom. The van der Waals surface area contributed by atoms with E-state index >= 15 is 0 Å². The second-order valence-corrected chi connectivity index (χ2v) is 7.47. The first kappa shape index (κ1) is 17.7. The zero-order valence-electron chi connectivity index (χ0n) is 13.2. The fourth-order valence-electron chi connectivity index (χ4n) is 3.28. The number of carbonyl (C=O) groups is 1. The maximum Gasteiger partial charge on any atom is 0.273 e. The zero-order chi connectivity index (χ0) is 14.8. The topological polar surface area (TPSA) is 59.2 Å². The Bertz CT molecular complexity index is 495. The molecule has 0 spiro atoms. The third-order valence-electron chi connectivity index (χ3n) is 4.68. The van der Waals surface area contributed by atoms with Crippen LogP contribution in [-0.2, 0) is 6.42 Å². The molecular formula is C16H26ClN3OS. The van der Waals surface area contributed by atoms with Crippen molar-refractivity contribution >= 4 is 29.7 Å². The van der Waals surface area contributed by atoms with Gasteiger partial charge in [0.25, 0.3) is 5.91 Å². The first-order valence-electron chi connectivity index (χ1n) is 8.16. The van der Waals surface area contributed by atoms with Crippen molar-refractivity contribution in [3.05, 3.63) is 16.1 Å². The van der Waals surface area contributed by atoms with Crippen molar-refractivity contribution in [2.24, 2.45) is 11.7 Å². The van der Waals surface area contributed by atoms with Gasteiger partial charge in [0, 0.05) is 23.9 Å². The molecule has 0 radical (unpaired) electrons. The number of rotatable bonds is 5. The van der Waals surface area contributed by atoms with Crippen molar-refractivity contribution in [1.29, 1.82) is 0 Å². The molecule has 0 aliphatic heterocycles. The van der Waals surface area contributed by atoms with Gasteiger partial charge in [-0.05, 0) is 51.0 Å². The summed E-state index contributed by atoms with van der Waals surface area (Å²) in [5.41, 5.74) is 6.20. The molecule has 4 nitrogen and oxygen atoms in total. The van der Waals surface area contributed by atoms with E-state index in [2.05, 4.69) is 16.8 Å². The minimum absolute atomic E-state index is 0. The smallest absolute Gasteiger partial charge is 0.273 e. The second-order valence-electron chi connectivity index (χ2n) is 6.52. The highest BCUT2D eigenvalue weighted by Crippen LogP contribution is 2.36. The van der Waals surface area contributed by atoms with Gasteiger partial charge >= 0.3 is 0 Å². The maximum atomic E-state index is 12.9. The summed E-state index contributed by atoms with van der Waals surface area (Å²) in [5, 5.41) is 2.89. The molecule has 1 aromatic heterocycles. The highest BCUT2D eigenvalue weighted by molar-refractivity contribution is 7.09. The Hall–Kier alpha value is -0.650. The van der Waals surface area contributed by atoms with Gasteiger partial charge in [0.1, 0.15) is 5.69 Å². The van der Waals surface area contributed by atoms with Gasteiger partial charge < -0.3 is 10.6 Å². The summed E-state index contributed by atoms with van der Waals surface area (Å²) in [7, 11) is 0. The normalized spacial score (nSPS) is 24.6. The summed E-state index contributed by atoms with van der Waals surface area (Å²) >= 11 is 1.56. The quantitative estimate of drug-likeness (QED) is 0.892. The molecule has 1 amide bonds. The fraction of sp³-hybridized carbons (Fsp3) is 0.750. The molecule has 0 bridgehead atoms. The van der Waals surface area contributed by atoms with Gasteiger partial charge in [0.2, 0.25) is 0 Å². The van der Waals surface area contributed by atoms with E-state index < -0.39 is 0 Å². The standard InChI is InChI=1S/C16H25N3OS.ClH/c1-11-2-4-12(5-3-11)19(13-6-7-13)16(20)14-10-21-15(18-14)8-9-17;/h10-13H,2-9,17H2,1H3;1H. The largest absolute Gasteiger partial charge is 0.331 e. The van der Waals surface area contributed by atoms with Crippen LogP contribution in [-0.4, -0.2) is 34.4 Å². The SMILES string of the molecule is CC1CCC(N(C(=O)c2csc(CCN)n2)C2CC2)CC1.Cl. The highest BCUT2D eigenvalue weighted by Gasteiger charge is 2.39. The summed E-state index contributed by atoms with van der Waals surface area (Å²) in [6, 6.07) is 0.899. The molecule has 3 rings (SSSR count). The van der Waals surface area contributed by atoms with Crippen molar-refractivity contribution in [2.75, 3.05) is 6.54 Å². The Kier molecular flexibility index (Phi) is 6.24. The summed E-state index contributed by atoms with van der Waals surface area (Å²) < 4.78 is 0. The monoisotopic (exact) mass is 343 g/mol. The highest BCUT2D eigenvalue weighted by atomic mass is 35.5. The van der Waals surface area contributed by atoms with Crippen LogP contribution in [0.1, 0.15) is 60.9 Å². The Morgan fingerprint density at radius 2 is 1.86 bits per heavy atom. The number of carbonyl (C=O) groups excluding carboxylic acids is 1. The predicted molar refractivity (Wildman–Crippen MR) is 92.7 cm³/mol. The first-order chi connectivity index (χ1) is 10.2. The third kappa shape index (κ3) is 4.00. The number of hydrogen-bond acceptors (Lipinski definition) is 4. The number of nitrogens with two attached hydrogens (primary N) is 1. The van der Waals surface area contributed by atoms with Gasteiger partial charge in [-0.1, -0.05) is 6.92 Å². The Morgan fingerprint density at radius 1 is 1.27 bits per heavy atom. The van der Waals surface area contributed by atoms with Crippen LogP contribution in [0, 0.1) is 5.92 Å². The van der Waals surface area contributed by atoms with Crippen LogP contribution in [0.25, 0.3) is 0 Å². The number of halogens is 1. The van der Waals surface area contributed by atoms with Crippen LogP contribution in [0.5, 0.6) is 0 Å². The Balaban J connectivity index is 0.00000176. The molecule has 0 atom stereocenters. The zero-order valence-corrected chi connectivity index (χ0v) is 14.8. The lowest BCUT2D eigenvalue weighted by Gasteiger charge is -2.36. The van der Waals surface area contributed by atoms with E-state index in [0.29, 0.717) is 24.3 Å². The van der Waals surface area contributed by atoms with Gasteiger partial charge in [-0.25, -0.2) is 4.98 Å². The molecular weight excluding hydrogens is 318 g/mol. The molecule has 22 heavy (non-hydrogen) atoms. The summed E-state index contributed by atoms with van der Waals surface area (Å²) in [6.45, 7) is 2.91. The van der Waals surface area contributed by atoms with Crippen LogP contribution in [0.2, 0.25) is 0 Å². The Labute approximate surface area is 142 Å². The molecule has 1 heterocycles. The van der Waals surface area contributed by atoms with Crippen LogP contribution in [0.4, 0.5) is 0 Å². The molecule has 1 aromatic rings. The van der Waals surface area contributed by atoms with Gasteiger partial charge in [-0.2, -0.15) is 0 Å². The molecule has 2 saturated carbocycles. The van der Waals surface area contributed by atoms with Crippen molar-refractivity contribution in [3.63, 3.8) is 0 Å². The molecule has 2 fully saturated rings. The summed E-state index contributed by atoms with van der Waals surface area (Å²) in [5.74, 6) is 0.962. The number of aromatic nitrogens is 1. The summed E-state index contributed by atoms with van der Waals surface area (Å²) in [6.07, 6.45) is 7.90. The van der Waals surface area contributed by atoms with E-state index in [-0.39, 0.29) is 18.3 Å². The molecule has 2 N–H and O–H groups in total. The van der Waals surface area contributed by atoms with E-state index in [0.717, 1.165) is 43.0 Å². The van der Waals surface area contributed by atoms with E-state index in [9.17, 15) is 4.79 Å². The molecule has 0 unspecified atom stereocenters. The predicted octanol–water partition coefficient (Wildman–Crippen LogP) is 3.25. The minimum atomic E-state index is 0. The molecule has 2 aliphatic rings. The van der Waals surface area contributed by atoms with E-state index in [1.165, 1.54) is 12.8 Å². The van der Waals surface area contributed by atoms with Crippen molar-refractivity contribution in [3.8, 4) is 0 Å². The third-order valence-corrected chi connectivity index (χ3v) is 5.59. The van der Waals surface area contributed by atoms with Crippen LogP contribution < -0.4 is 5.73 Å². The van der Waals surface area contributed by atoms with Crippen LogP contribution >= 0.6 is 23.7 Å². The van der Waals surface area contributed by atoms with Crippen molar-refractivity contribution < 1.29 is 4.79 Å². The number of thiazole rings is 1. The van der Waals surface area contributed by atoms with Gasteiger partial charge in [0.15, 0.2) is 0 Å². The van der Waals surface area contributed by atoms with Gasteiger partial charge in [-0.3, -0.25) is 4.79 Å². The number of hydrogen-bond donors (Lipinski definition) is 1.